The number of nitrogens with zero attached hydrogens (tertiary/aromatic N) is 2. The minimum Gasteiger partial charge on any atom is -0.376 e. The molecule has 1 saturated heterocycles. The van der Waals surface area contributed by atoms with Crippen molar-refractivity contribution in [2.45, 2.75) is 25.5 Å². The average molecular weight is 235 g/mol. The van der Waals surface area contributed by atoms with Crippen LogP contribution in [-0.4, -0.2) is 42.2 Å². The second-order valence-electron chi connectivity index (χ2n) is 4.43. The van der Waals surface area contributed by atoms with E-state index < -0.39 is 0 Å². The highest BCUT2D eigenvalue weighted by atomic mass is 16.5. The zero-order valence-corrected chi connectivity index (χ0v) is 10.4. The van der Waals surface area contributed by atoms with E-state index in [0.717, 1.165) is 26.1 Å². The SMILES string of the molecule is CCC1CN(C(CN)c2cccnc2)CCO1. The van der Waals surface area contributed by atoms with E-state index in [4.69, 9.17) is 10.5 Å². The van der Waals surface area contributed by atoms with Crippen molar-refractivity contribution >= 4 is 0 Å². The van der Waals surface area contributed by atoms with Crippen molar-refractivity contribution in [2.75, 3.05) is 26.2 Å². The van der Waals surface area contributed by atoms with Crippen LogP contribution in [0.3, 0.4) is 0 Å². The van der Waals surface area contributed by atoms with Crippen LogP contribution in [0.4, 0.5) is 0 Å². The lowest BCUT2D eigenvalue weighted by atomic mass is 10.1. The van der Waals surface area contributed by atoms with Crippen LogP contribution in [0.5, 0.6) is 0 Å². The van der Waals surface area contributed by atoms with E-state index >= 15 is 0 Å². The smallest absolute Gasteiger partial charge is 0.0700 e. The summed E-state index contributed by atoms with van der Waals surface area (Å²) in [5.41, 5.74) is 7.11. The number of pyridine rings is 1. The molecular weight excluding hydrogens is 214 g/mol. The van der Waals surface area contributed by atoms with Crippen molar-refractivity contribution in [3.63, 3.8) is 0 Å². The maximum Gasteiger partial charge on any atom is 0.0700 e. The van der Waals surface area contributed by atoms with Crippen LogP contribution < -0.4 is 5.73 Å². The molecule has 1 fully saturated rings. The Hall–Kier alpha value is -0.970. The molecule has 2 rings (SSSR count). The number of hydrogen-bond donors (Lipinski definition) is 1. The van der Waals surface area contributed by atoms with Crippen LogP contribution in [0, 0.1) is 0 Å². The minimum atomic E-state index is 0.265. The average Bonchev–Trinajstić information content (AvgIpc) is 2.41. The normalized spacial score (nSPS) is 23.5. The zero-order chi connectivity index (χ0) is 12.1. The summed E-state index contributed by atoms with van der Waals surface area (Å²) in [4.78, 5) is 6.59. The number of aromatic nitrogens is 1. The topological polar surface area (TPSA) is 51.4 Å². The lowest BCUT2D eigenvalue weighted by Crippen LogP contribution is -2.46. The van der Waals surface area contributed by atoms with E-state index in [9.17, 15) is 0 Å². The van der Waals surface area contributed by atoms with Crippen LogP contribution in [0.1, 0.15) is 24.9 Å². The summed E-state index contributed by atoms with van der Waals surface area (Å²) in [7, 11) is 0. The molecule has 0 spiro atoms. The van der Waals surface area contributed by atoms with Gasteiger partial charge in [-0.2, -0.15) is 0 Å². The van der Waals surface area contributed by atoms with E-state index in [0.29, 0.717) is 12.6 Å². The predicted octanol–water partition coefficient (Wildman–Crippen LogP) is 1.19. The second-order valence-corrected chi connectivity index (χ2v) is 4.43. The quantitative estimate of drug-likeness (QED) is 0.852. The van der Waals surface area contributed by atoms with Gasteiger partial charge in [0.05, 0.1) is 12.7 Å². The molecule has 1 aromatic rings. The van der Waals surface area contributed by atoms with Gasteiger partial charge in [-0.1, -0.05) is 13.0 Å². The van der Waals surface area contributed by atoms with Crippen molar-refractivity contribution in [2.24, 2.45) is 5.73 Å². The molecule has 0 saturated carbocycles. The fraction of sp³-hybridized carbons (Fsp3) is 0.615. The molecule has 1 aromatic heterocycles. The third-order valence-electron chi connectivity index (χ3n) is 3.36. The molecule has 2 atom stereocenters. The van der Waals surface area contributed by atoms with Crippen LogP contribution >= 0.6 is 0 Å². The van der Waals surface area contributed by atoms with Gasteiger partial charge in [-0.05, 0) is 18.1 Å². The Morgan fingerprint density at radius 2 is 2.53 bits per heavy atom. The molecule has 0 bridgehead atoms. The molecule has 17 heavy (non-hydrogen) atoms. The maximum absolute atomic E-state index is 5.91. The highest BCUT2D eigenvalue weighted by molar-refractivity contribution is 5.14. The highest BCUT2D eigenvalue weighted by Crippen LogP contribution is 2.22. The summed E-state index contributed by atoms with van der Waals surface area (Å²) in [6.45, 7) is 5.51. The largest absolute Gasteiger partial charge is 0.376 e. The van der Waals surface area contributed by atoms with Crippen molar-refractivity contribution in [1.29, 1.82) is 0 Å². The lowest BCUT2D eigenvalue weighted by molar-refractivity contribution is -0.0437. The van der Waals surface area contributed by atoms with E-state index in [2.05, 4.69) is 22.9 Å². The number of hydrogen-bond acceptors (Lipinski definition) is 4. The number of nitrogens with two attached hydrogens (primary N) is 1. The number of ether oxygens (including phenoxy) is 1. The monoisotopic (exact) mass is 235 g/mol. The van der Waals surface area contributed by atoms with Gasteiger partial charge in [-0.15, -0.1) is 0 Å². The van der Waals surface area contributed by atoms with E-state index in [1.165, 1.54) is 5.56 Å². The van der Waals surface area contributed by atoms with Gasteiger partial charge in [0.15, 0.2) is 0 Å². The lowest BCUT2D eigenvalue weighted by Gasteiger charge is -2.37. The van der Waals surface area contributed by atoms with Gasteiger partial charge in [0.25, 0.3) is 0 Å². The summed E-state index contributed by atoms with van der Waals surface area (Å²) in [5, 5.41) is 0. The summed E-state index contributed by atoms with van der Waals surface area (Å²) < 4.78 is 5.69. The third kappa shape index (κ3) is 3.03. The standard InChI is InChI=1S/C13H21N3O/c1-2-12-10-16(6-7-17-12)13(8-14)11-4-3-5-15-9-11/h3-5,9,12-13H,2,6-8,10,14H2,1H3. The van der Waals surface area contributed by atoms with Crippen molar-refractivity contribution in [3.05, 3.63) is 30.1 Å². The van der Waals surface area contributed by atoms with Gasteiger partial charge in [-0.25, -0.2) is 0 Å². The zero-order valence-electron chi connectivity index (χ0n) is 10.4. The van der Waals surface area contributed by atoms with Gasteiger partial charge in [-0.3, -0.25) is 9.88 Å². The van der Waals surface area contributed by atoms with Crippen molar-refractivity contribution < 1.29 is 4.74 Å². The van der Waals surface area contributed by atoms with Gasteiger partial charge < -0.3 is 10.5 Å². The summed E-state index contributed by atoms with van der Waals surface area (Å²) in [6, 6.07) is 4.33. The first kappa shape index (κ1) is 12.5. The third-order valence-corrected chi connectivity index (χ3v) is 3.36. The molecule has 2 heterocycles. The Morgan fingerprint density at radius 1 is 1.65 bits per heavy atom. The van der Waals surface area contributed by atoms with E-state index in [-0.39, 0.29) is 6.04 Å². The first-order valence-electron chi connectivity index (χ1n) is 6.30. The van der Waals surface area contributed by atoms with Crippen molar-refractivity contribution in [3.8, 4) is 0 Å². The number of morpholine rings is 1. The minimum absolute atomic E-state index is 0.265. The van der Waals surface area contributed by atoms with Crippen molar-refractivity contribution in [1.82, 2.24) is 9.88 Å². The van der Waals surface area contributed by atoms with E-state index in [1.54, 1.807) is 6.20 Å². The molecule has 0 aliphatic carbocycles. The summed E-state index contributed by atoms with van der Waals surface area (Å²) in [5.74, 6) is 0. The molecule has 94 valence electrons. The predicted molar refractivity (Wildman–Crippen MR) is 67.6 cm³/mol. The first-order valence-corrected chi connectivity index (χ1v) is 6.30. The molecule has 1 aliphatic rings. The maximum atomic E-state index is 5.91. The van der Waals surface area contributed by atoms with Gasteiger partial charge in [0.2, 0.25) is 0 Å². The molecule has 4 heteroatoms. The molecule has 2 N–H and O–H groups in total. The van der Waals surface area contributed by atoms with Gasteiger partial charge >= 0.3 is 0 Å². The molecule has 4 nitrogen and oxygen atoms in total. The Balaban J connectivity index is 2.08. The fourth-order valence-electron chi connectivity index (χ4n) is 2.34. The molecule has 0 amide bonds. The highest BCUT2D eigenvalue weighted by Gasteiger charge is 2.25. The van der Waals surface area contributed by atoms with Gasteiger partial charge in [0, 0.05) is 38.1 Å². The summed E-state index contributed by atoms with van der Waals surface area (Å²) in [6.07, 6.45) is 5.11. The van der Waals surface area contributed by atoms with Crippen LogP contribution in [0.2, 0.25) is 0 Å². The van der Waals surface area contributed by atoms with Crippen LogP contribution in [0.15, 0.2) is 24.5 Å². The molecule has 1 aliphatic heterocycles. The first-order chi connectivity index (χ1) is 8.35. The second kappa shape index (κ2) is 6.10. The summed E-state index contributed by atoms with van der Waals surface area (Å²) >= 11 is 0. The van der Waals surface area contributed by atoms with Crippen LogP contribution in [0.25, 0.3) is 0 Å². The van der Waals surface area contributed by atoms with Crippen LogP contribution in [-0.2, 0) is 4.74 Å². The molecular formula is C13H21N3O. The number of rotatable bonds is 4. The van der Waals surface area contributed by atoms with Gasteiger partial charge in [0.1, 0.15) is 0 Å². The Bertz CT molecular complexity index is 331. The molecule has 0 radical (unpaired) electrons. The van der Waals surface area contributed by atoms with E-state index in [1.807, 2.05) is 12.3 Å². The Morgan fingerprint density at radius 3 is 3.18 bits per heavy atom. The Labute approximate surface area is 103 Å². The molecule has 2 unspecified atom stereocenters. The fourth-order valence-corrected chi connectivity index (χ4v) is 2.34. The molecule has 0 aromatic carbocycles. The Kier molecular flexibility index (Phi) is 4.48.